The van der Waals surface area contributed by atoms with Gasteiger partial charge in [0, 0.05) is 4.47 Å². The molecule has 0 spiro atoms. The molecule has 14 heavy (non-hydrogen) atoms. The van der Waals surface area contributed by atoms with E-state index in [0.29, 0.717) is 21.3 Å². The zero-order valence-electron chi connectivity index (χ0n) is 7.73. The Balaban J connectivity index is 3.28. The van der Waals surface area contributed by atoms with Crippen molar-refractivity contribution < 1.29 is 13.9 Å². The lowest BCUT2D eigenvalue weighted by molar-refractivity contribution is 0.300. The van der Waals surface area contributed by atoms with Crippen LogP contribution in [-0.2, 0) is 0 Å². The van der Waals surface area contributed by atoms with Gasteiger partial charge in [0.05, 0.1) is 18.2 Å². The molecule has 0 fully saturated rings. The molecule has 0 amide bonds. The fourth-order valence-corrected chi connectivity index (χ4v) is 1.69. The molecule has 2 nitrogen and oxygen atoms in total. The molecule has 78 valence electrons. The molecule has 0 aromatic heterocycles. The molecule has 0 unspecified atom stereocenters. The summed E-state index contributed by atoms with van der Waals surface area (Å²) in [7, 11) is 1.40. The Bertz CT molecular complexity index is 342. The lowest BCUT2D eigenvalue weighted by atomic mass is 10.3. The first kappa shape index (κ1) is 11.8. The fourth-order valence-electron chi connectivity index (χ4n) is 1.01. The Morgan fingerprint density at radius 1 is 1.43 bits per heavy atom. The largest absolute Gasteiger partial charge is 0.490 e. The van der Waals surface area contributed by atoms with E-state index in [9.17, 15) is 4.39 Å². The molecule has 0 heterocycles. The van der Waals surface area contributed by atoms with Crippen molar-refractivity contribution in [3.05, 3.63) is 20.8 Å². The minimum atomic E-state index is -0.467. The van der Waals surface area contributed by atoms with Gasteiger partial charge in [0.15, 0.2) is 17.3 Å². The van der Waals surface area contributed by atoms with Crippen LogP contribution in [0.4, 0.5) is 4.39 Å². The Morgan fingerprint density at radius 3 is 2.57 bits per heavy atom. The maximum atomic E-state index is 13.6. The van der Waals surface area contributed by atoms with Gasteiger partial charge < -0.3 is 9.47 Å². The Labute approximate surface area is 98.7 Å². The second-order valence-corrected chi connectivity index (χ2v) is 4.10. The predicted molar refractivity (Wildman–Crippen MR) is 59.5 cm³/mol. The fraction of sp³-hybridized carbons (Fsp3) is 0.333. The summed E-state index contributed by atoms with van der Waals surface area (Å²) in [6.45, 7) is 2.29. The first-order valence-electron chi connectivity index (χ1n) is 3.96. The van der Waals surface area contributed by atoms with Crippen molar-refractivity contribution in [1.29, 1.82) is 0 Å². The van der Waals surface area contributed by atoms with Crippen molar-refractivity contribution in [2.24, 2.45) is 0 Å². The van der Waals surface area contributed by atoms with E-state index in [1.807, 2.05) is 6.92 Å². The maximum Gasteiger partial charge on any atom is 0.198 e. The lowest BCUT2D eigenvalue weighted by Gasteiger charge is -2.11. The summed E-state index contributed by atoms with van der Waals surface area (Å²) >= 11 is 6.31. The van der Waals surface area contributed by atoms with Gasteiger partial charge in [-0.2, -0.15) is 0 Å². The quantitative estimate of drug-likeness (QED) is 0.787. The molecule has 0 atom stereocenters. The summed E-state index contributed by atoms with van der Waals surface area (Å²) < 4.78 is 24.6. The maximum absolute atomic E-state index is 13.6. The minimum absolute atomic E-state index is 0.113. The average Bonchev–Trinajstić information content (AvgIpc) is 2.16. The molecule has 0 aliphatic carbocycles. The van der Waals surface area contributed by atoms with Crippen molar-refractivity contribution in [2.75, 3.05) is 13.7 Å². The Kier molecular flexibility index (Phi) is 4.19. The van der Waals surface area contributed by atoms with E-state index in [1.165, 1.54) is 7.11 Å². The third kappa shape index (κ3) is 2.20. The first-order chi connectivity index (χ1) is 6.61. The molecule has 0 saturated heterocycles. The summed E-state index contributed by atoms with van der Waals surface area (Å²) in [5.41, 5.74) is 0. The second-order valence-electron chi connectivity index (χ2n) is 2.45. The van der Waals surface area contributed by atoms with Crippen LogP contribution >= 0.6 is 31.9 Å². The molecule has 0 radical (unpaired) electrons. The van der Waals surface area contributed by atoms with E-state index in [2.05, 4.69) is 31.9 Å². The highest BCUT2D eigenvalue weighted by atomic mass is 79.9. The highest BCUT2D eigenvalue weighted by molar-refractivity contribution is 9.13. The molecule has 1 rings (SSSR count). The topological polar surface area (TPSA) is 18.5 Å². The molecule has 0 aliphatic heterocycles. The van der Waals surface area contributed by atoms with E-state index in [0.717, 1.165) is 0 Å². The van der Waals surface area contributed by atoms with Crippen LogP contribution in [-0.4, -0.2) is 13.7 Å². The zero-order chi connectivity index (χ0) is 10.7. The molecule has 0 aliphatic rings. The van der Waals surface area contributed by atoms with Crippen molar-refractivity contribution in [2.45, 2.75) is 6.92 Å². The molecule has 0 bridgehead atoms. The standard InChI is InChI=1S/C9H9Br2FO2/c1-3-14-6-4-5(10)7(11)8(12)9(6)13-2/h4H,3H2,1-2H3. The van der Waals surface area contributed by atoms with Gasteiger partial charge in [-0.3, -0.25) is 0 Å². The number of ether oxygens (including phenoxy) is 2. The lowest BCUT2D eigenvalue weighted by Crippen LogP contribution is -1.98. The number of benzene rings is 1. The van der Waals surface area contributed by atoms with Crippen LogP contribution in [0.3, 0.4) is 0 Å². The normalized spacial score (nSPS) is 10.1. The molecule has 0 saturated carbocycles. The van der Waals surface area contributed by atoms with Gasteiger partial charge in [-0.05, 0) is 44.8 Å². The molecule has 1 aromatic rings. The van der Waals surface area contributed by atoms with Crippen LogP contribution in [0, 0.1) is 5.82 Å². The van der Waals surface area contributed by atoms with Crippen LogP contribution in [0.2, 0.25) is 0 Å². The highest BCUT2D eigenvalue weighted by Crippen LogP contribution is 2.39. The van der Waals surface area contributed by atoms with Gasteiger partial charge in [-0.1, -0.05) is 0 Å². The van der Waals surface area contributed by atoms with Crippen LogP contribution in [0.1, 0.15) is 6.92 Å². The third-order valence-electron chi connectivity index (χ3n) is 1.59. The Morgan fingerprint density at radius 2 is 2.07 bits per heavy atom. The summed E-state index contributed by atoms with van der Waals surface area (Å²) in [5, 5.41) is 0. The van der Waals surface area contributed by atoms with Gasteiger partial charge in [0.2, 0.25) is 0 Å². The van der Waals surface area contributed by atoms with Crippen LogP contribution in [0.15, 0.2) is 15.0 Å². The minimum Gasteiger partial charge on any atom is -0.490 e. The molecule has 5 heteroatoms. The summed E-state index contributed by atoms with van der Waals surface area (Å²) in [4.78, 5) is 0. The first-order valence-corrected chi connectivity index (χ1v) is 5.54. The van der Waals surface area contributed by atoms with Gasteiger partial charge in [0.1, 0.15) is 0 Å². The molecule has 0 N–H and O–H groups in total. The number of rotatable bonds is 3. The summed E-state index contributed by atoms with van der Waals surface area (Å²) in [6.07, 6.45) is 0. The molecular formula is C9H9Br2FO2. The monoisotopic (exact) mass is 326 g/mol. The van der Waals surface area contributed by atoms with Crippen molar-refractivity contribution in [3.8, 4) is 11.5 Å². The van der Waals surface area contributed by atoms with Crippen LogP contribution in [0.25, 0.3) is 0 Å². The smallest absolute Gasteiger partial charge is 0.198 e. The van der Waals surface area contributed by atoms with E-state index in [-0.39, 0.29) is 5.75 Å². The zero-order valence-corrected chi connectivity index (χ0v) is 10.9. The number of methoxy groups -OCH3 is 1. The second kappa shape index (κ2) is 4.98. The van der Waals surface area contributed by atoms with E-state index in [1.54, 1.807) is 6.07 Å². The van der Waals surface area contributed by atoms with E-state index < -0.39 is 5.82 Å². The van der Waals surface area contributed by atoms with Crippen LogP contribution < -0.4 is 9.47 Å². The SMILES string of the molecule is CCOc1cc(Br)c(Br)c(F)c1OC. The van der Waals surface area contributed by atoms with E-state index >= 15 is 0 Å². The van der Waals surface area contributed by atoms with Gasteiger partial charge in [-0.25, -0.2) is 4.39 Å². The summed E-state index contributed by atoms with van der Waals surface area (Å²) in [5.74, 6) is 0.0369. The Hall–Kier alpha value is -0.290. The van der Waals surface area contributed by atoms with Gasteiger partial charge >= 0.3 is 0 Å². The highest BCUT2D eigenvalue weighted by Gasteiger charge is 2.16. The van der Waals surface area contributed by atoms with Gasteiger partial charge in [0.25, 0.3) is 0 Å². The van der Waals surface area contributed by atoms with E-state index in [4.69, 9.17) is 9.47 Å². The number of hydrogen-bond donors (Lipinski definition) is 0. The predicted octanol–water partition coefficient (Wildman–Crippen LogP) is 3.76. The molecule has 1 aromatic carbocycles. The van der Waals surface area contributed by atoms with Crippen molar-refractivity contribution >= 4 is 31.9 Å². The average molecular weight is 328 g/mol. The van der Waals surface area contributed by atoms with Crippen molar-refractivity contribution in [1.82, 2.24) is 0 Å². The number of hydrogen-bond acceptors (Lipinski definition) is 2. The van der Waals surface area contributed by atoms with Gasteiger partial charge in [-0.15, -0.1) is 0 Å². The van der Waals surface area contributed by atoms with Crippen molar-refractivity contribution in [3.63, 3.8) is 0 Å². The third-order valence-corrected chi connectivity index (χ3v) is 3.52. The molecular weight excluding hydrogens is 319 g/mol. The number of halogens is 3. The summed E-state index contributed by atoms with van der Waals surface area (Å²) in [6, 6.07) is 1.66. The van der Waals surface area contributed by atoms with Crippen LogP contribution in [0.5, 0.6) is 11.5 Å².